The summed E-state index contributed by atoms with van der Waals surface area (Å²) in [6.45, 7) is 1.04. The highest BCUT2D eigenvalue weighted by Gasteiger charge is 2.43. The maximum atomic E-state index is 12.5. The average molecular weight is 291 g/mol. The van der Waals surface area contributed by atoms with Crippen LogP contribution in [0, 0.1) is 5.92 Å². The van der Waals surface area contributed by atoms with Gasteiger partial charge in [-0.3, -0.25) is 4.79 Å². The lowest BCUT2D eigenvalue weighted by atomic mass is 9.71. The highest BCUT2D eigenvalue weighted by atomic mass is 16.3. The molecule has 5 nitrogen and oxygen atoms in total. The molecule has 2 fully saturated rings. The highest BCUT2D eigenvalue weighted by Crippen LogP contribution is 2.40. The van der Waals surface area contributed by atoms with Gasteiger partial charge in [0, 0.05) is 25.1 Å². The van der Waals surface area contributed by atoms with E-state index >= 15 is 0 Å². The fourth-order valence-electron chi connectivity index (χ4n) is 3.63. The Bertz CT molecular complexity index is 559. The predicted molar refractivity (Wildman–Crippen MR) is 77.2 cm³/mol. The van der Waals surface area contributed by atoms with Gasteiger partial charge < -0.3 is 20.2 Å². The molecule has 0 aromatic heterocycles. The SMILES string of the molecule is O=C(c1ccc(O)cc1O)N1CCC2(O)CCCCC2C1. The number of likely N-dealkylation sites (tertiary alicyclic amines) is 1. The van der Waals surface area contributed by atoms with Crippen molar-refractivity contribution >= 4 is 5.91 Å². The standard InChI is InChI=1S/C16H21NO4/c18-12-4-5-13(14(19)9-12)15(20)17-8-7-16(21)6-2-1-3-11(16)10-17/h4-5,9,11,18-19,21H,1-3,6-8,10H2. The number of phenols is 2. The zero-order valence-corrected chi connectivity index (χ0v) is 12.0. The molecule has 0 spiro atoms. The summed E-state index contributed by atoms with van der Waals surface area (Å²) in [4.78, 5) is 14.2. The van der Waals surface area contributed by atoms with Crippen LogP contribution in [0.2, 0.25) is 0 Å². The van der Waals surface area contributed by atoms with E-state index in [2.05, 4.69) is 0 Å². The summed E-state index contributed by atoms with van der Waals surface area (Å²) in [6, 6.07) is 4.01. The first-order valence-electron chi connectivity index (χ1n) is 7.53. The van der Waals surface area contributed by atoms with Crippen molar-refractivity contribution in [2.24, 2.45) is 5.92 Å². The number of phenolic OH excluding ortho intramolecular Hbond substituents is 2. The van der Waals surface area contributed by atoms with Crippen LogP contribution in [0.25, 0.3) is 0 Å². The second-order valence-corrected chi connectivity index (χ2v) is 6.25. The van der Waals surface area contributed by atoms with Crippen molar-refractivity contribution in [2.45, 2.75) is 37.7 Å². The molecule has 2 aliphatic rings. The van der Waals surface area contributed by atoms with Gasteiger partial charge >= 0.3 is 0 Å². The molecule has 2 unspecified atom stereocenters. The fraction of sp³-hybridized carbons (Fsp3) is 0.562. The molecule has 1 aromatic rings. The summed E-state index contributed by atoms with van der Waals surface area (Å²) in [5, 5.41) is 29.8. The third kappa shape index (κ3) is 2.58. The van der Waals surface area contributed by atoms with Crippen LogP contribution in [0.4, 0.5) is 0 Å². The van der Waals surface area contributed by atoms with Gasteiger partial charge in [0.1, 0.15) is 11.5 Å². The first-order valence-corrected chi connectivity index (χ1v) is 7.53. The second kappa shape index (κ2) is 5.22. The van der Waals surface area contributed by atoms with Gasteiger partial charge in [-0.05, 0) is 31.4 Å². The molecule has 0 bridgehead atoms. The Morgan fingerprint density at radius 1 is 1.24 bits per heavy atom. The van der Waals surface area contributed by atoms with Crippen LogP contribution in [0.1, 0.15) is 42.5 Å². The third-order valence-electron chi connectivity index (χ3n) is 4.93. The Kier molecular flexibility index (Phi) is 3.53. The topological polar surface area (TPSA) is 81.0 Å². The number of hydrogen-bond donors (Lipinski definition) is 3. The van der Waals surface area contributed by atoms with Crippen molar-refractivity contribution in [2.75, 3.05) is 13.1 Å². The van der Waals surface area contributed by atoms with E-state index in [9.17, 15) is 20.1 Å². The fourth-order valence-corrected chi connectivity index (χ4v) is 3.63. The van der Waals surface area contributed by atoms with E-state index in [0.717, 1.165) is 25.7 Å². The number of amides is 1. The van der Waals surface area contributed by atoms with Gasteiger partial charge in [0.15, 0.2) is 0 Å². The van der Waals surface area contributed by atoms with E-state index in [4.69, 9.17) is 0 Å². The van der Waals surface area contributed by atoms with E-state index in [1.54, 1.807) is 4.90 Å². The number of carbonyl (C=O) groups is 1. The molecule has 1 aliphatic carbocycles. The van der Waals surface area contributed by atoms with Gasteiger partial charge in [0.2, 0.25) is 0 Å². The van der Waals surface area contributed by atoms with Crippen molar-refractivity contribution in [3.05, 3.63) is 23.8 Å². The molecule has 0 radical (unpaired) electrons. The van der Waals surface area contributed by atoms with Crippen LogP contribution in [0.5, 0.6) is 11.5 Å². The summed E-state index contributed by atoms with van der Waals surface area (Å²) in [6.07, 6.45) is 4.52. The Balaban J connectivity index is 1.77. The van der Waals surface area contributed by atoms with E-state index < -0.39 is 5.60 Å². The monoisotopic (exact) mass is 291 g/mol. The minimum absolute atomic E-state index is 0.0654. The van der Waals surface area contributed by atoms with Crippen LogP contribution in [-0.2, 0) is 0 Å². The Morgan fingerprint density at radius 2 is 2.05 bits per heavy atom. The minimum atomic E-state index is -0.619. The smallest absolute Gasteiger partial charge is 0.257 e. The predicted octanol–water partition coefficient (Wildman–Crippen LogP) is 1.86. The molecule has 1 heterocycles. The molecule has 2 atom stereocenters. The highest BCUT2D eigenvalue weighted by molar-refractivity contribution is 5.97. The van der Waals surface area contributed by atoms with Crippen molar-refractivity contribution in [3.63, 3.8) is 0 Å². The summed E-state index contributed by atoms with van der Waals surface area (Å²) >= 11 is 0. The second-order valence-electron chi connectivity index (χ2n) is 6.25. The Labute approximate surface area is 123 Å². The van der Waals surface area contributed by atoms with Crippen LogP contribution in [0.3, 0.4) is 0 Å². The maximum Gasteiger partial charge on any atom is 0.257 e. The minimum Gasteiger partial charge on any atom is -0.508 e. The Morgan fingerprint density at radius 3 is 2.81 bits per heavy atom. The van der Waals surface area contributed by atoms with Crippen LogP contribution < -0.4 is 0 Å². The van der Waals surface area contributed by atoms with Crippen molar-refractivity contribution in [3.8, 4) is 11.5 Å². The largest absolute Gasteiger partial charge is 0.508 e. The number of piperidine rings is 1. The molecule has 21 heavy (non-hydrogen) atoms. The number of aliphatic hydroxyl groups is 1. The summed E-state index contributed by atoms with van der Waals surface area (Å²) < 4.78 is 0. The van der Waals surface area contributed by atoms with E-state index in [1.165, 1.54) is 18.2 Å². The zero-order valence-electron chi connectivity index (χ0n) is 12.0. The number of rotatable bonds is 1. The zero-order chi connectivity index (χ0) is 15.0. The van der Waals surface area contributed by atoms with Crippen molar-refractivity contribution < 1.29 is 20.1 Å². The van der Waals surface area contributed by atoms with E-state index in [-0.39, 0.29) is 28.9 Å². The van der Waals surface area contributed by atoms with Crippen molar-refractivity contribution in [1.82, 2.24) is 4.90 Å². The van der Waals surface area contributed by atoms with Crippen LogP contribution in [0.15, 0.2) is 18.2 Å². The van der Waals surface area contributed by atoms with Gasteiger partial charge in [0.25, 0.3) is 5.91 Å². The number of carbonyl (C=O) groups excluding carboxylic acids is 1. The van der Waals surface area contributed by atoms with Crippen LogP contribution in [-0.4, -0.2) is 44.8 Å². The molecular formula is C16H21NO4. The van der Waals surface area contributed by atoms with Gasteiger partial charge in [0.05, 0.1) is 11.2 Å². The summed E-state index contributed by atoms with van der Waals surface area (Å²) in [5.74, 6) is -0.378. The molecule has 3 rings (SSSR count). The average Bonchev–Trinajstić information content (AvgIpc) is 2.45. The molecular weight excluding hydrogens is 270 g/mol. The first-order chi connectivity index (χ1) is 9.99. The summed E-state index contributed by atoms with van der Waals surface area (Å²) in [7, 11) is 0. The molecule has 1 saturated carbocycles. The maximum absolute atomic E-state index is 12.5. The normalized spacial score (nSPS) is 29.0. The lowest BCUT2D eigenvalue weighted by Gasteiger charge is -2.47. The van der Waals surface area contributed by atoms with Gasteiger partial charge in [-0.2, -0.15) is 0 Å². The molecule has 3 N–H and O–H groups in total. The summed E-state index contributed by atoms with van der Waals surface area (Å²) in [5.41, 5.74) is -0.416. The van der Waals surface area contributed by atoms with E-state index in [0.29, 0.717) is 19.5 Å². The Hall–Kier alpha value is -1.75. The number of aromatic hydroxyl groups is 2. The van der Waals surface area contributed by atoms with Crippen molar-refractivity contribution in [1.29, 1.82) is 0 Å². The lowest BCUT2D eigenvalue weighted by Crippen LogP contribution is -2.54. The van der Waals surface area contributed by atoms with E-state index in [1.807, 2.05) is 0 Å². The number of nitrogens with zero attached hydrogens (tertiary/aromatic N) is 1. The number of benzene rings is 1. The lowest BCUT2D eigenvalue weighted by molar-refractivity contribution is -0.0886. The molecule has 1 aliphatic heterocycles. The molecule has 1 amide bonds. The first kappa shape index (κ1) is 14.2. The quantitative estimate of drug-likeness (QED) is 0.738. The van der Waals surface area contributed by atoms with Gasteiger partial charge in [-0.1, -0.05) is 12.8 Å². The molecule has 114 valence electrons. The van der Waals surface area contributed by atoms with Gasteiger partial charge in [-0.25, -0.2) is 0 Å². The van der Waals surface area contributed by atoms with Gasteiger partial charge in [-0.15, -0.1) is 0 Å². The molecule has 1 saturated heterocycles. The molecule has 5 heteroatoms. The number of hydrogen-bond acceptors (Lipinski definition) is 4. The number of fused-ring (bicyclic) bond motifs is 1. The molecule has 1 aromatic carbocycles. The third-order valence-corrected chi connectivity index (χ3v) is 4.93. The van der Waals surface area contributed by atoms with Crippen LogP contribution >= 0.6 is 0 Å².